The average Bonchev–Trinajstić information content (AvgIpc) is 3.85. The fourth-order valence-electron chi connectivity index (χ4n) is 6.60. The number of carbonyl (C=O) groups is 3. The second kappa shape index (κ2) is 21.4. The number of piperazine rings is 2. The van der Waals surface area contributed by atoms with Gasteiger partial charge in [-0.25, -0.2) is 9.59 Å². The molecule has 302 valence electrons. The largest absolute Gasteiger partial charge is 0.444 e. The number of rotatable bonds is 5. The third-order valence-electron chi connectivity index (χ3n) is 9.25. The summed E-state index contributed by atoms with van der Waals surface area (Å²) >= 11 is 7.05. The highest BCUT2D eigenvalue weighted by Gasteiger charge is 2.27. The highest BCUT2D eigenvalue weighted by atomic mass is 79.9. The van der Waals surface area contributed by atoms with Gasteiger partial charge in [-0.3, -0.25) is 9.69 Å². The van der Waals surface area contributed by atoms with Crippen LogP contribution in [-0.2, 0) is 16.0 Å². The van der Waals surface area contributed by atoms with Gasteiger partial charge >= 0.3 is 12.2 Å². The van der Waals surface area contributed by atoms with Crippen molar-refractivity contribution in [3.63, 3.8) is 0 Å². The number of halogens is 2. The average molecular weight is 881 g/mol. The van der Waals surface area contributed by atoms with Crippen LogP contribution >= 0.6 is 31.9 Å². The lowest BCUT2D eigenvalue weighted by atomic mass is 10.1. The van der Waals surface area contributed by atoms with Crippen LogP contribution in [-0.4, -0.2) is 123 Å². The van der Waals surface area contributed by atoms with E-state index >= 15 is 0 Å². The zero-order valence-electron chi connectivity index (χ0n) is 32.6. The summed E-state index contributed by atoms with van der Waals surface area (Å²) < 4.78 is 12.9. The minimum absolute atomic E-state index is 0. The number of hydrogen-bond donors (Lipinski definition) is 1. The molecule has 54 heavy (non-hydrogen) atoms. The summed E-state index contributed by atoms with van der Waals surface area (Å²) in [5.41, 5.74) is 3.76. The van der Waals surface area contributed by atoms with Crippen molar-refractivity contribution in [1.29, 1.82) is 0 Å². The summed E-state index contributed by atoms with van der Waals surface area (Å²) in [6.45, 7) is 23.2. The Bertz CT molecular complexity index is 1490. The first-order valence-corrected chi connectivity index (χ1v) is 20.6. The third-order valence-corrected chi connectivity index (χ3v) is 10.2. The van der Waals surface area contributed by atoms with Gasteiger partial charge in [-0.05, 0) is 103 Å². The molecule has 2 aromatic carbocycles. The topological polar surface area (TPSA) is 97.9 Å². The molecular weight excluding hydrogens is 816 g/mol. The van der Waals surface area contributed by atoms with Gasteiger partial charge in [0.05, 0.1) is 0 Å². The van der Waals surface area contributed by atoms with Gasteiger partial charge in [0, 0.05) is 111 Å². The molecule has 0 atom stereocenters. The van der Waals surface area contributed by atoms with E-state index in [4.69, 9.17) is 9.47 Å². The number of benzene rings is 2. The summed E-state index contributed by atoms with van der Waals surface area (Å²) in [5, 5.41) is 3.18. The third kappa shape index (κ3) is 15.0. The van der Waals surface area contributed by atoms with Crippen LogP contribution in [0.3, 0.4) is 0 Å². The molecule has 4 heterocycles. The Morgan fingerprint density at radius 1 is 0.667 bits per heavy atom. The lowest BCUT2D eigenvalue weighted by Gasteiger charge is -2.36. The van der Waals surface area contributed by atoms with E-state index in [0.29, 0.717) is 0 Å². The minimum atomic E-state index is -0.434. The quantitative estimate of drug-likeness (QED) is 0.297. The molecule has 0 saturated carbocycles. The van der Waals surface area contributed by atoms with E-state index in [1.165, 1.54) is 36.9 Å². The van der Waals surface area contributed by atoms with Crippen molar-refractivity contribution >= 4 is 61.7 Å². The lowest BCUT2D eigenvalue weighted by molar-refractivity contribution is 0.0138. The molecule has 4 fully saturated rings. The van der Waals surface area contributed by atoms with Gasteiger partial charge in [-0.2, -0.15) is 0 Å². The molecule has 0 aliphatic carbocycles. The number of amides is 2. The second-order valence-electron chi connectivity index (χ2n) is 15.9. The van der Waals surface area contributed by atoms with E-state index in [-0.39, 0.29) is 25.2 Å². The maximum Gasteiger partial charge on any atom is 0.410 e. The predicted molar refractivity (Wildman–Crippen MR) is 227 cm³/mol. The van der Waals surface area contributed by atoms with Crippen LogP contribution in [0.25, 0.3) is 0 Å². The SMILES string of the molecule is C.CC(C)(C)OC(=O)N1CCN(Cc2ccc(Br)cc2N2CCCC2)CC1.CC(C)(C)OC(=O)N1CCNCC1.O=Cc1ccc(Br)cc1N1CCCC1. The standard InChI is InChI=1S/C20H30BrN3O2.C11H12BrNO.C9H18N2O2.CH4/c1-20(2,3)26-19(25)24-12-10-22(11-13-24)15-16-6-7-17(21)14-18(16)23-8-4-5-9-23;12-10-4-3-9(8-14)11(7-10)13-5-1-2-6-13;1-9(2,3)13-8(12)11-6-4-10-5-7-11;/h6-7,14H,4-5,8-13,15H2,1-3H3;3-4,7-8H,1-2,5-6H2;10H,4-7H2,1-3H3;1H4. The van der Waals surface area contributed by atoms with Gasteiger partial charge in [0.15, 0.2) is 6.29 Å². The molecule has 13 heteroatoms. The number of nitrogens with zero attached hydrogens (tertiary/aromatic N) is 5. The number of ether oxygens (including phenoxy) is 2. The highest BCUT2D eigenvalue weighted by molar-refractivity contribution is 9.10. The number of carbonyl (C=O) groups excluding carboxylic acids is 3. The summed E-state index contributed by atoms with van der Waals surface area (Å²) in [6.07, 6.45) is 5.55. The summed E-state index contributed by atoms with van der Waals surface area (Å²) in [5.74, 6) is 0. The van der Waals surface area contributed by atoms with Crippen LogP contribution in [0.15, 0.2) is 45.3 Å². The van der Waals surface area contributed by atoms with E-state index in [2.05, 4.69) is 70.1 Å². The Morgan fingerprint density at radius 2 is 1.11 bits per heavy atom. The highest BCUT2D eigenvalue weighted by Crippen LogP contribution is 2.30. The van der Waals surface area contributed by atoms with Crippen molar-refractivity contribution in [3.8, 4) is 0 Å². The van der Waals surface area contributed by atoms with Crippen molar-refractivity contribution in [2.75, 3.05) is 88.3 Å². The van der Waals surface area contributed by atoms with E-state index in [9.17, 15) is 14.4 Å². The molecule has 0 bridgehead atoms. The maximum absolute atomic E-state index is 12.2. The summed E-state index contributed by atoms with van der Waals surface area (Å²) in [6, 6.07) is 12.4. The smallest absolute Gasteiger partial charge is 0.410 e. The Balaban J connectivity index is 0.000000237. The molecule has 2 amide bonds. The van der Waals surface area contributed by atoms with Gasteiger partial charge < -0.3 is 34.4 Å². The number of aldehydes is 1. The lowest BCUT2D eigenvalue weighted by Crippen LogP contribution is -2.49. The first kappa shape index (κ1) is 45.5. The van der Waals surface area contributed by atoms with Gasteiger partial charge in [0.2, 0.25) is 0 Å². The van der Waals surface area contributed by atoms with Crippen molar-refractivity contribution in [3.05, 3.63) is 56.5 Å². The molecule has 11 nitrogen and oxygen atoms in total. The molecule has 0 spiro atoms. The molecule has 2 aromatic rings. The Hall–Kier alpha value is -2.87. The Kier molecular flexibility index (Phi) is 18.1. The number of nitrogens with one attached hydrogen (secondary N) is 1. The maximum atomic E-state index is 12.2. The zero-order chi connectivity index (χ0) is 38.6. The summed E-state index contributed by atoms with van der Waals surface area (Å²) in [7, 11) is 0. The van der Waals surface area contributed by atoms with Crippen molar-refractivity contribution in [2.45, 2.75) is 92.4 Å². The second-order valence-corrected chi connectivity index (χ2v) is 17.8. The van der Waals surface area contributed by atoms with Gasteiger partial charge in [-0.1, -0.05) is 45.4 Å². The van der Waals surface area contributed by atoms with Gasteiger partial charge in [0.25, 0.3) is 0 Å². The monoisotopic (exact) mass is 878 g/mol. The zero-order valence-corrected chi connectivity index (χ0v) is 35.8. The Labute approximate surface area is 341 Å². The van der Waals surface area contributed by atoms with Crippen LogP contribution in [0.5, 0.6) is 0 Å². The molecule has 0 unspecified atom stereocenters. The molecule has 1 N–H and O–H groups in total. The molecule has 6 rings (SSSR count). The van der Waals surface area contributed by atoms with Crippen LogP contribution in [0.1, 0.15) is 90.6 Å². The molecule has 0 radical (unpaired) electrons. The van der Waals surface area contributed by atoms with E-state index in [0.717, 1.165) is 112 Å². The fourth-order valence-corrected chi connectivity index (χ4v) is 7.30. The normalized spacial score (nSPS) is 17.8. The predicted octanol–water partition coefficient (Wildman–Crippen LogP) is 8.43. The first-order chi connectivity index (χ1) is 25.1. The number of anilines is 2. The van der Waals surface area contributed by atoms with Gasteiger partial charge in [-0.15, -0.1) is 0 Å². The molecule has 4 aliphatic rings. The van der Waals surface area contributed by atoms with Gasteiger partial charge in [0.1, 0.15) is 11.2 Å². The fraction of sp³-hybridized carbons (Fsp3) is 0.634. The molecular formula is C41H64Br2N6O5. The van der Waals surface area contributed by atoms with Crippen LogP contribution in [0.2, 0.25) is 0 Å². The van der Waals surface area contributed by atoms with Crippen molar-refractivity contribution in [1.82, 2.24) is 20.0 Å². The van der Waals surface area contributed by atoms with Crippen LogP contribution in [0, 0.1) is 0 Å². The number of hydrogen-bond acceptors (Lipinski definition) is 9. The van der Waals surface area contributed by atoms with Crippen LogP contribution in [0.4, 0.5) is 21.0 Å². The van der Waals surface area contributed by atoms with E-state index in [1.54, 1.807) is 4.90 Å². The summed E-state index contributed by atoms with van der Waals surface area (Å²) in [4.78, 5) is 45.3. The van der Waals surface area contributed by atoms with Crippen molar-refractivity contribution < 1.29 is 23.9 Å². The van der Waals surface area contributed by atoms with E-state index in [1.807, 2.05) is 64.6 Å². The Morgan fingerprint density at radius 3 is 1.59 bits per heavy atom. The minimum Gasteiger partial charge on any atom is -0.444 e. The first-order valence-electron chi connectivity index (χ1n) is 19.0. The molecule has 0 aromatic heterocycles. The molecule has 4 aliphatic heterocycles. The molecule has 4 saturated heterocycles. The van der Waals surface area contributed by atoms with Crippen LogP contribution < -0.4 is 15.1 Å². The van der Waals surface area contributed by atoms with E-state index < -0.39 is 5.60 Å². The van der Waals surface area contributed by atoms with Crippen molar-refractivity contribution in [2.24, 2.45) is 0 Å².